The van der Waals surface area contributed by atoms with Gasteiger partial charge in [-0.05, 0) is 19.1 Å². The highest BCUT2D eigenvalue weighted by Gasteiger charge is 1.95. The van der Waals surface area contributed by atoms with Crippen molar-refractivity contribution in [2.24, 2.45) is 0 Å². The molecule has 0 aliphatic heterocycles. The molecule has 0 aliphatic carbocycles. The molecule has 0 fully saturated rings. The van der Waals surface area contributed by atoms with Gasteiger partial charge in [0, 0.05) is 6.20 Å². The second-order valence-corrected chi connectivity index (χ2v) is 2.50. The van der Waals surface area contributed by atoms with Crippen molar-refractivity contribution in [3.05, 3.63) is 36.4 Å². The van der Waals surface area contributed by atoms with Crippen molar-refractivity contribution in [1.29, 1.82) is 0 Å². The molecule has 0 amide bonds. The highest BCUT2D eigenvalue weighted by atomic mass is 15.3. The van der Waals surface area contributed by atoms with Crippen molar-refractivity contribution in [3.8, 4) is 5.69 Å². The van der Waals surface area contributed by atoms with E-state index in [9.17, 15) is 0 Å². The summed E-state index contributed by atoms with van der Waals surface area (Å²) < 4.78 is 1.77. The Morgan fingerprint density at radius 2 is 1.93 bits per heavy atom. The monoisotopic (exact) mass is 190 g/mol. The van der Waals surface area contributed by atoms with E-state index in [2.05, 4.69) is 15.3 Å². The number of hydrogen-bond acceptors (Lipinski definition) is 3. The molecule has 0 saturated heterocycles. The second-order valence-electron chi connectivity index (χ2n) is 2.50. The minimum Gasteiger partial charge on any atom is -0.239 e. The van der Waals surface area contributed by atoms with Crippen LogP contribution in [0.4, 0.5) is 0 Å². The Balaban J connectivity index is 0.000000461. The maximum Gasteiger partial charge on any atom is 0.0863 e. The number of hydrogen-bond donors (Lipinski definition) is 0. The molecular weight excluding hydrogens is 176 g/mol. The lowest BCUT2D eigenvalue weighted by Crippen LogP contribution is -1.95. The van der Waals surface area contributed by atoms with Gasteiger partial charge in [-0.25, -0.2) is 4.68 Å². The first-order valence-electron chi connectivity index (χ1n) is 4.65. The zero-order valence-electron chi connectivity index (χ0n) is 8.68. The van der Waals surface area contributed by atoms with E-state index in [-0.39, 0.29) is 0 Å². The lowest BCUT2D eigenvalue weighted by molar-refractivity contribution is 0.845. The second kappa shape index (κ2) is 5.11. The SMILES string of the molecule is CC.Cc1ccn(-c2ccnnc2)n1. The molecule has 0 unspecified atom stereocenters. The standard InChI is InChI=1S/C8H8N4.C2H6/c1-7-3-5-12(11-7)8-2-4-9-10-6-8;1-2/h2-6H,1H3;1-2H3. The summed E-state index contributed by atoms with van der Waals surface area (Å²) in [5.41, 5.74) is 1.92. The zero-order chi connectivity index (χ0) is 10.4. The molecule has 0 N–H and O–H groups in total. The fraction of sp³-hybridized carbons (Fsp3) is 0.300. The molecule has 2 aromatic heterocycles. The molecule has 0 aromatic carbocycles. The lowest BCUT2D eigenvalue weighted by Gasteiger charge is -1.96. The van der Waals surface area contributed by atoms with Crippen LogP contribution in [0.3, 0.4) is 0 Å². The topological polar surface area (TPSA) is 43.6 Å². The van der Waals surface area contributed by atoms with Crippen molar-refractivity contribution in [2.45, 2.75) is 20.8 Å². The number of aryl methyl sites for hydroxylation is 1. The summed E-state index contributed by atoms with van der Waals surface area (Å²) in [6, 6.07) is 3.81. The Morgan fingerprint density at radius 3 is 2.43 bits per heavy atom. The molecule has 0 bridgehead atoms. The van der Waals surface area contributed by atoms with Gasteiger partial charge in [0.25, 0.3) is 0 Å². The van der Waals surface area contributed by atoms with Gasteiger partial charge in [0.1, 0.15) is 0 Å². The Labute approximate surface area is 83.6 Å². The fourth-order valence-electron chi connectivity index (χ4n) is 0.978. The Kier molecular flexibility index (Phi) is 3.79. The van der Waals surface area contributed by atoms with Crippen LogP contribution in [0.25, 0.3) is 5.69 Å². The van der Waals surface area contributed by atoms with Crippen LogP contribution in [0, 0.1) is 6.92 Å². The van der Waals surface area contributed by atoms with Crippen molar-refractivity contribution < 1.29 is 0 Å². The molecule has 14 heavy (non-hydrogen) atoms. The van der Waals surface area contributed by atoms with Crippen molar-refractivity contribution in [3.63, 3.8) is 0 Å². The van der Waals surface area contributed by atoms with E-state index in [1.165, 1.54) is 0 Å². The van der Waals surface area contributed by atoms with Gasteiger partial charge in [0.2, 0.25) is 0 Å². The molecule has 4 nitrogen and oxygen atoms in total. The van der Waals surface area contributed by atoms with E-state index in [0.717, 1.165) is 11.4 Å². The molecule has 74 valence electrons. The van der Waals surface area contributed by atoms with Crippen LogP contribution in [0.15, 0.2) is 30.7 Å². The molecule has 2 rings (SSSR count). The number of aromatic nitrogens is 4. The van der Waals surface area contributed by atoms with Crippen LogP contribution in [0.1, 0.15) is 19.5 Å². The molecule has 0 aliphatic rings. The number of rotatable bonds is 1. The quantitative estimate of drug-likeness (QED) is 0.690. The van der Waals surface area contributed by atoms with E-state index in [0.29, 0.717) is 0 Å². The third kappa shape index (κ3) is 2.39. The minimum atomic E-state index is 0.929. The Morgan fingerprint density at radius 1 is 1.14 bits per heavy atom. The van der Waals surface area contributed by atoms with Crippen LogP contribution in [-0.4, -0.2) is 20.0 Å². The van der Waals surface area contributed by atoms with E-state index < -0.39 is 0 Å². The lowest BCUT2D eigenvalue weighted by atomic mass is 10.5. The van der Waals surface area contributed by atoms with Crippen molar-refractivity contribution in [1.82, 2.24) is 20.0 Å². The summed E-state index contributed by atoms with van der Waals surface area (Å²) in [4.78, 5) is 0. The maximum atomic E-state index is 4.23. The highest BCUT2D eigenvalue weighted by molar-refractivity contribution is 5.24. The number of nitrogens with zero attached hydrogens (tertiary/aromatic N) is 4. The van der Waals surface area contributed by atoms with E-state index in [1.807, 2.05) is 39.1 Å². The van der Waals surface area contributed by atoms with Crippen LogP contribution in [-0.2, 0) is 0 Å². The normalized spacial score (nSPS) is 9.07. The average Bonchev–Trinajstić information content (AvgIpc) is 2.69. The third-order valence-corrected chi connectivity index (χ3v) is 1.56. The van der Waals surface area contributed by atoms with E-state index in [4.69, 9.17) is 0 Å². The van der Waals surface area contributed by atoms with E-state index >= 15 is 0 Å². The molecule has 2 aromatic rings. The van der Waals surface area contributed by atoms with Crippen LogP contribution < -0.4 is 0 Å². The van der Waals surface area contributed by atoms with Gasteiger partial charge in [-0.2, -0.15) is 15.3 Å². The van der Waals surface area contributed by atoms with Crippen molar-refractivity contribution >= 4 is 0 Å². The third-order valence-electron chi connectivity index (χ3n) is 1.56. The minimum absolute atomic E-state index is 0.929. The van der Waals surface area contributed by atoms with Gasteiger partial charge in [0.05, 0.1) is 23.8 Å². The smallest absolute Gasteiger partial charge is 0.0863 e. The summed E-state index contributed by atoms with van der Waals surface area (Å²) in [7, 11) is 0. The Hall–Kier alpha value is -1.71. The summed E-state index contributed by atoms with van der Waals surface area (Å²) in [6.45, 7) is 5.95. The molecule has 0 saturated carbocycles. The summed E-state index contributed by atoms with van der Waals surface area (Å²) >= 11 is 0. The van der Waals surface area contributed by atoms with Crippen LogP contribution >= 0.6 is 0 Å². The van der Waals surface area contributed by atoms with Crippen molar-refractivity contribution in [2.75, 3.05) is 0 Å². The van der Waals surface area contributed by atoms with Gasteiger partial charge in [-0.15, -0.1) is 0 Å². The van der Waals surface area contributed by atoms with Gasteiger partial charge in [-0.3, -0.25) is 0 Å². The first-order valence-corrected chi connectivity index (χ1v) is 4.65. The van der Waals surface area contributed by atoms with Crippen LogP contribution in [0.2, 0.25) is 0 Å². The first-order chi connectivity index (χ1) is 6.86. The predicted molar refractivity (Wildman–Crippen MR) is 55.2 cm³/mol. The summed E-state index contributed by atoms with van der Waals surface area (Å²) in [6.07, 6.45) is 5.21. The van der Waals surface area contributed by atoms with Gasteiger partial charge in [0.15, 0.2) is 0 Å². The Bertz CT molecular complexity index is 367. The molecular formula is C10H14N4. The van der Waals surface area contributed by atoms with E-state index in [1.54, 1.807) is 17.1 Å². The molecule has 2 heterocycles. The molecule has 0 atom stereocenters. The average molecular weight is 190 g/mol. The highest BCUT2D eigenvalue weighted by Crippen LogP contribution is 2.02. The molecule has 0 spiro atoms. The summed E-state index contributed by atoms with van der Waals surface area (Å²) in [5.74, 6) is 0. The maximum absolute atomic E-state index is 4.23. The molecule has 0 radical (unpaired) electrons. The van der Waals surface area contributed by atoms with Crippen LogP contribution in [0.5, 0.6) is 0 Å². The van der Waals surface area contributed by atoms with Gasteiger partial charge in [-0.1, -0.05) is 13.8 Å². The van der Waals surface area contributed by atoms with Gasteiger partial charge < -0.3 is 0 Å². The molecule has 4 heteroatoms. The fourth-order valence-corrected chi connectivity index (χ4v) is 0.978. The summed E-state index contributed by atoms with van der Waals surface area (Å²) in [5, 5.41) is 11.7. The zero-order valence-corrected chi connectivity index (χ0v) is 8.68. The largest absolute Gasteiger partial charge is 0.239 e. The predicted octanol–water partition coefficient (Wildman–Crippen LogP) is 2.00. The van der Waals surface area contributed by atoms with Gasteiger partial charge >= 0.3 is 0 Å². The first kappa shape index (κ1) is 10.4.